The van der Waals surface area contributed by atoms with Crippen molar-refractivity contribution in [3.05, 3.63) is 36.0 Å². The average molecular weight is 283 g/mol. The molecule has 0 radical (unpaired) electrons. The van der Waals surface area contributed by atoms with Crippen LogP contribution in [0.15, 0.2) is 30.3 Å². The second-order valence-corrected chi connectivity index (χ2v) is 6.24. The van der Waals surface area contributed by atoms with Crippen LogP contribution in [0.25, 0.3) is 10.9 Å². The van der Waals surface area contributed by atoms with E-state index in [1.165, 1.54) is 17.5 Å². The zero-order valence-electron chi connectivity index (χ0n) is 12.1. The molecule has 4 nitrogen and oxygen atoms in total. The summed E-state index contributed by atoms with van der Waals surface area (Å²) in [6.45, 7) is 0.860. The summed E-state index contributed by atoms with van der Waals surface area (Å²) >= 11 is 0. The number of likely N-dealkylation sites (tertiary alicyclic amines) is 1. The molecule has 2 heterocycles. The number of aromatic nitrogens is 1. The normalized spacial score (nSPS) is 22.5. The van der Waals surface area contributed by atoms with Gasteiger partial charge in [-0.1, -0.05) is 18.2 Å². The minimum absolute atomic E-state index is 0.112. The molecule has 2 aromatic rings. The van der Waals surface area contributed by atoms with Gasteiger partial charge in [0, 0.05) is 23.8 Å². The lowest BCUT2D eigenvalue weighted by Crippen LogP contribution is -2.45. The summed E-state index contributed by atoms with van der Waals surface area (Å²) in [4.78, 5) is 18.0. The Morgan fingerprint density at radius 1 is 1.19 bits per heavy atom. The number of hydrogen-bond donors (Lipinski definition) is 2. The number of urea groups is 1. The predicted molar refractivity (Wildman–Crippen MR) is 83.2 cm³/mol. The lowest BCUT2D eigenvalue weighted by atomic mass is 10.00. The largest absolute Gasteiger partial charge is 0.357 e. The molecule has 2 N–H and O–H groups in total. The molecule has 21 heavy (non-hydrogen) atoms. The van der Waals surface area contributed by atoms with Gasteiger partial charge < -0.3 is 15.2 Å². The molecule has 110 valence electrons. The van der Waals surface area contributed by atoms with Crippen LogP contribution in [0.1, 0.15) is 43.8 Å². The van der Waals surface area contributed by atoms with Gasteiger partial charge in [0.25, 0.3) is 0 Å². The molecule has 2 aliphatic rings. The van der Waals surface area contributed by atoms with Gasteiger partial charge in [-0.25, -0.2) is 4.79 Å². The highest BCUT2D eigenvalue weighted by molar-refractivity contribution is 5.81. The van der Waals surface area contributed by atoms with Crippen LogP contribution in [0.4, 0.5) is 4.79 Å². The number of carbonyl (C=O) groups is 1. The van der Waals surface area contributed by atoms with Crippen molar-refractivity contribution in [2.24, 2.45) is 0 Å². The first-order valence-electron chi connectivity index (χ1n) is 7.96. The van der Waals surface area contributed by atoms with Crippen molar-refractivity contribution in [3.8, 4) is 0 Å². The first kappa shape index (κ1) is 12.7. The fourth-order valence-electron chi connectivity index (χ4n) is 3.26. The molecule has 1 saturated heterocycles. The lowest BCUT2D eigenvalue weighted by molar-refractivity contribution is 0.149. The number of aromatic amines is 1. The van der Waals surface area contributed by atoms with Crippen molar-refractivity contribution >= 4 is 16.9 Å². The molecule has 1 aliphatic heterocycles. The molecule has 1 aromatic carbocycles. The van der Waals surface area contributed by atoms with Crippen LogP contribution in [-0.2, 0) is 0 Å². The van der Waals surface area contributed by atoms with Crippen LogP contribution in [0.5, 0.6) is 0 Å². The maximum Gasteiger partial charge on any atom is 0.318 e. The number of hydrogen-bond acceptors (Lipinski definition) is 1. The van der Waals surface area contributed by atoms with E-state index in [1.807, 2.05) is 11.0 Å². The number of nitrogens with one attached hydrogen (secondary N) is 2. The number of amides is 2. The highest BCUT2D eigenvalue weighted by Crippen LogP contribution is 2.32. The minimum atomic E-state index is 0.112. The van der Waals surface area contributed by atoms with E-state index >= 15 is 0 Å². The summed E-state index contributed by atoms with van der Waals surface area (Å²) in [6, 6.07) is 11.2. The topological polar surface area (TPSA) is 48.1 Å². The lowest BCUT2D eigenvalue weighted by Gasteiger charge is -2.35. The second-order valence-electron chi connectivity index (χ2n) is 6.24. The van der Waals surface area contributed by atoms with Crippen molar-refractivity contribution in [2.75, 3.05) is 6.54 Å². The second kappa shape index (κ2) is 5.10. The van der Waals surface area contributed by atoms with Gasteiger partial charge in [-0.3, -0.25) is 0 Å². The average Bonchev–Trinajstić information content (AvgIpc) is 3.22. The van der Waals surface area contributed by atoms with E-state index in [-0.39, 0.29) is 12.1 Å². The highest BCUT2D eigenvalue weighted by atomic mass is 16.2. The Hall–Kier alpha value is -1.97. The highest BCUT2D eigenvalue weighted by Gasteiger charge is 2.32. The predicted octanol–water partition coefficient (Wildman–Crippen LogP) is 3.57. The quantitative estimate of drug-likeness (QED) is 0.869. The number of fused-ring (bicyclic) bond motifs is 1. The fraction of sp³-hybridized carbons (Fsp3) is 0.471. The molecule has 1 unspecified atom stereocenters. The number of para-hydroxylation sites is 1. The summed E-state index contributed by atoms with van der Waals surface area (Å²) in [5.74, 6) is 0. The van der Waals surface area contributed by atoms with Gasteiger partial charge in [-0.05, 0) is 49.6 Å². The third-order valence-electron chi connectivity index (χ3n) is 4.58. The zero-order valence-corrected chi connectivity index (χ0v) is 12.1. The number of H-pyrrole nitrogens is 1. The standard InChI is InChI=1S/C17H21N3O/c21-17(18-13-8-9-13)20-10-4-3-7-16(20)15-11-12-5-1-2-6-14(12)19-15/h1-2,5-6,11,13,16,19H,3-4,7-10H2,(H,18,21). The fourth-order valence-corrected chi connectivity index (χ4v) is 3.26. The summed E-state index contributed by atoms with van der Waals surface area (Å²) in [7, 11) is 0. The molecule has 4 rings (SSSR count). The van der Waals surface area contributed by atoms with Crippen LogP contribution >= 0.6 is 0 Å². The Kier molecular flexibility index (Phi) is 3.09. The molecule has 1 aliphatic carbocycles. The molecular formula is C17H21N3O. The maximum atomic E-state index is 12.4. The number of nitrogens with zero attached hydrogens (tertiary/aromatic N) is 1. The molecule has 0 spiro atoms. The van der Waals surface area contributed by atoms with Crippen LogP contribution in [0, 0.1) is 0 Å². The van der Waals surface area contributed by atoms with Gasteiger partial charge in [0.15, 0.2) is 0 Å². The van der Waals surface area contributed by atoms with Gasteiger partial charge in [-0.15, -0.1) is 0 Å². The van der Waals surface area contributed by atoms with E-state index in [9.17, 15) is 4.79 Å². The number of rotatable bonds is 2. The molecule has 0 bridgehead atoms. The van der Waals surface area contributed by atoms with Crippen molar-refractivity contribution in [3.63, 3.8) is 0 Å². The van der Waals surface area contributed by atoms with E-state index in [1.54, 1.807) is 0 Å². The van der Waals surface area contributed by atoms with E-state index in [0.29, 0.717) is 6.04 Å². The third-order valence-corrected chi connectivity index (χ3v) is 4.58. The van der Waals surface area contributed by atoms with E-state index in [2.05, 4.69) is 34.6 Å². The van der Waals surface area contributed by atoms with Crippen LogP contribution < -0.4 is 5.32 Å². The van der Waals surface area contributed by atoms with Crippen LogP contribution in [0.2, 0.25) is 0 Å². The Labute approximate surface area is 124 Å². The monoisotopic (exact) mass is 283 g/mol. The van der Waals surface area contributed by atoms with Gasteiger partial charge >= 0.3 is 6.03 Å². The van der Waals surface area contributed by atoms with Crippen LogP contribution in [-0.4, -0.2) is 28.5 Å². The SMILES string of the molecule is O=C(NC1CC1)N1CCCCC1c1cc2ccccc2[nH]1. The Morgan fingerprint density at radius 3 is 2.86 bits per heavy atom. The first-order chi connectivity index (χ1) is 10.3. The third kappa shape index (κ3) is 2.50. The van der Waals surface area contributed by atoms with Gasteiger partial charge in [0.2, 0.25) is 0 Å². The summed E-state index contributed by atoms with van der Waals surface area (Å²) in [5, 5.41) is 4.35. The summed E-state index contributed by atoms with van der Waals surface area (Å²) in [5.41, 5.74) is 2.32. The smallest absolute Gasteiger partial charge is 0.318 e. The molecule has 2 fully saturated rings. The molecular weight excluding hydrogens is 262 g/mol. The Bertz CT molecular complexity index is 626. The van der Waals surface area contributed by atoms with Gasteiger partial charge in [0.1, 0.15) is 0 Å². The van der Waals surface area contributed by atoms with E-state index in [4.69, 9.17) is 0 Å². The first-order valence-corrected chi connectivity index (χ1v) is 7.96. The molecule has 1 atom stereocenters. The van der Waals surface area contributed by atoms with Gasteiger partial charge in [-0.2, -0.15) is 0 Å². The summed E-state index contributed by atoms with van der Waals surface area (Å²) in [6.07, 6.45) is 5.61. The van der Waals surface area contributed by atoms with Crippen LogP contribution in [0.3, 0.4) is 0 Å². The van der Waals surface area contributed by atoms with Crippen molar-refractivity contribution < 1.29 is 4.79 Å². The van der Waals surface area contributed by atoms with Gasteiger partial charge in [0.05, 0.1) is 6.04 Å². The molecule has 4 heteroatoms. The Balaban J connectivity index is 1.61. The van der Waals surface area contributed by atoms with Crippen molar-refractivity contribution in [1.82, 2.24) is 15.2 Å². The molecule has 2 amide bonds. The Morgan fingerprint density at radius 2 is 2.05 bits per heavy atom. The maximum absolute atomic E-state index is 12.4. The van der Waals surface area contributed by atoms with Crippen molar-refractivity contribution in [1.29, 1.82) is 0 Å². The number of carbonyl (C=O) groups excluding carboxylic acids is 1. The van der Waals surface area contributed by atoms with E-state index in [0.717, 1.165) is 37.7 Å². The van der Waals surface area contributed by atoms with E-state index < -0.39 is 0 Å². The van der Waals surface area contributed by atoms with Crippen molar-refractivity contribution in [2.45, 2.75) is 44.2 Å². The number of piperidine rings is 1. The minimum Gasteiger partial charge on any atom is -0.357 e. The zero-order chi connectivity index (χ0) is 14.2. The number of benzene rings is 1. The molecule has 1 saturated carbocycles. The molecule has 1 aromatic heterocycles. The summed E-state index contributed by atoms with van der Waals surface area (Å²) < 4.78 is 0.